The van der Waals surface area contributed by atoms with Gasteiger partial charge in [0.2, 0.25) is 0 Å². The lowest BCUT2D eigenvalue weighted by molar-refractivity contribution is 0.363. The normalized spacial score (nSPS) is 16.2. The van der Waals surface area contributed by atoms with Gasteiger partial charge in [-0.05, 0) is 30.5 Å². The van der Waals surface area contributed by atoms with Crippen LogP contribution in [0.3, 0.4) is 0 Å². The molecule has 1 aliphatic rings. The third-order valence-electron chi connectivity index (χ3n) is 5.39. The molecule has 24 heavy (non-hydrogen) atoms. The van der Waals surface area contributed by atoms with Crippen LogP contribution in [-0.2, 0) is 0 Å². The van der Waals surface area contributed by atoms with Crippen molar-refractivity contribution < 1.29 is 0 Å². The zero-order chi connectivity index (χ0) is 15.9. The van der Waals surface area contributed by atoms with Gasteiger partial charge in [0.1, 0.15) is 5.65 Å². The van der Waals surface area contributed by atoms with Gasteiger partial charge in [-0.2, -0.15) is 0 Å². The number of nitrogens with zero attached hydrogens (tertiary/aromatic N) is 2. The monoisotopic (exact) mass is 315 g/mol. The van der Waals surface area contributed by atoms with Crippen molar-refractivity contribution in [1.29, 1.82) is 0 Å². The van der Waals surface area contributed by atoms with Gasteiger partial charge in [0, 0.05) is 34.9 Å². The second-order valence-electron chi connectivity index (χ2n) is 6.86. The van der Waals surface area contributed by atoms with Crippen LogP contribution in [0.15, 0.2) is 54.9 Å². The predicted octanol–water partition coefficient (Wildman–Crippen LogP) is 5.69. The number of aromatic amines is 1. The zero-order valence-electron chi connectivity index (χ0n) is 13.7. The molecular weight excluding hydrogens is 294 g/mol. The van der Waals surface area contributed by atoms with Crippen molar-refractivity contribution in [3.05, 3.63) is 54.9 Å². The maximum absolute atomic E-state index is 4.59. The van der Waals surface area contributed by atoms with Crippen LogP contribution in [0.25, 0.3) is 33.2 Å². The van der Waals surface area contributed by atoms with Crippen LogP contribution in [0, 0.1) is 0 Å². The molecule has 3 nitrogen and oxygen atoms in total. The Balaban J connectivity index is 1.84. The molecule has 3 aromatic heterocycles. The van der Waals surface area contributed by atoms with Crippen LogP contribution < -0.4 is 0 Å². The Morgan fingerprint density at radius 1 is 1.00 bits per heavy atom. The summed E-state index contributed by atoms with van der Waals surface area (Å²) in [6.45, 7) is 0. The van der Waals surface area contributed by atoms with Crippen molar-refractivity contribution in [3.63, 3.8) is 0 Å². The topological polar surface area (TPSA) is 33.6 Å². The van der Waals surface area contributed by atoms with Crippen molar-refractivity contribution in [3.8, 4) is 11.3 Å². The third kappa shape index (κ3) is 2.08. The van der Waals surface area contributed by atoms with Gasteiger partial charge in [0.25, 0.3) is 0 Å². The van der Waals surface area contributed by atoms with Gasteiger partial charge >= 0.3 is 0 Å². The first-order valence-corrected chi connectivity index (χ1v) is 8.94. The highest BCUT2D eigenvalue weighted by Crippen LogP contribution is 2.39. The summed E-state index contributed by atoms with van der Waals surface area (Å²) in [5.74, 6) is 0. The minimum Gasteiger partial charge on any atom is -0.346 e. The molecule has 4 aromatic rings. The summed E-state index contributed by atoms with van der Waals surface area (Å²) in [5.41, 5.74) is 4.94. The minimum absolute atomic E-state index is 0.590. The Morgan fingerprint density at radius 3 is 2.67 bits per heavy atom. The van der Waals surface area contributed by atoms with Gasteiger partial charge < -0.3 is 9.55 Å². The zero-order valence-corrected chi connectivity index (χ0v) is 13.7. The Bertz CT molecular complexity index is 988. The molecule has 3 heteroatoms. The van der Waals surface area contributed by atoms with Crippen molar-refractivity contribution >= 4 is 21.9 Å². The summed E-state index contributed by atoms with van der Waals surface area (Å²) >= 11 is 0. The molecule has 1 aliphatic carbocycles. The molecule has 1 fully saturated rings. The summed E-state index contributed by atoms with van der Waals surface area (Å²) in [6, 6.07) is 15.8. The molecule has 0 saturated heterocycles. The number of H-pyrrole nitrogens is 1. The summed E-state index contributed by atoms with van der Waals surface area (Å²) in [4.78, 5) is 7.86. The lowest BCUT2D eigenvalue weighted by Gasteiger charge is -2.26. The van der Waals surface area contributed by atoms with E-state index in [4.69, 9.17) is 0 Å². The van der Waals surface area contributed by atoms with Crippen LogP contribution in [0.2, 0.25) is 0 Å². The second-order valence-corrected chi connectivity index (χ2v) is 6.86. The molecular formula is C21H21N3. The lowest BCUT2D eigenvalue weighted by Crippen LogP contribution is -2.13. The van der Waals surface area contributed by atoms with E-state index in [9.17, 15) is 0 Å². The molecule has 1 N–H and O–H groups in total. The van der Waals surface area contributed by atoms with Crippen molar-refractivity contribution in [2.45, 2.75) is 38.1 Å². The van der Waals surface area contributed by atoms with E-state index in [0.717, 1.165) is 5.65 Å². The van der Waals surface area contributed by atoms with Crippen molar-refractivity contribution in [1.82, 2.24) is 14.5 Å². The highest BCUT2D eigenvalue weighted by atomic mass is 15.0. The van der Waals surface area contributed by atoms with Crippen LogP contribution >= 0.6 is 0 Å². The van der Waals surface area contributed by atoms with E-state index in [1.54, 1.807) is 0 Å². The molecule has 0 unspecified atom stereocenters. The summed E-state index contributed by atoms with van der Waals surface area (Å²) in [6.07, 6.45) is 10.6. The SMILES string of the molecule is c1ccc(-c2cc3cnc4[nH]ccc4c3n2C2CCCCC2)cc1. The number of pyridine rings is 1. The fourth-order valence-electron chi connectivity index (χ4n) is 4.27. The number of aromatic nitrogens is 3. The highest BCUT2D eigenvalue weighted by Gasteiger charge is 2.22. The molecule has 120 valence electrons. The van der Waals surface area contributed by atoms with Crippen LogP contribution in [0.1, 0.15) is 38.1 Å². The van der Waals surface area contributed by atoms with Gasteiger partial charge in [0.05, 0.1) is 5.52 Å². The molecule has 1 saturated carbocycles. The van der Waals surface area contributed by atoms with Gasteiger partial charge in [-0.25, -0.2) is 4.98 Å². The lowest BCUT2D eigenvalue weighted by atomic mass is 9.94. The van der Waals surface area contributed by atoms with E-state index < -0.39 is 0 Å². The van der Waals surface area contributed by atoms with Gasteiger partial charge in [-0.15, -0.1) is 0 Å². The Morgan fingerprint density at radius 2 is 1.83 bits per heavy atom. The van der Waals surface area contributed by atoms with Crippen molar-refractivity contribution in [2.75, 3.05) is 0 Å². The Labute approximate surface area is 141 Å². The summed E-state index contributed by atoms with van der Waals surface area (Å²) < 4.78 is 2.60. The standard InChI is InChI=1S/C21H21N3/c1-3-7-15(8-4-1)19-13-16-14-23-21-18(11-12-22-21)20(16)24(19)17-9-5-2-6-10-17/h1,3-4,7-8,11-14,17H,2,5-6,9-10H2,(H,22,23). The molecule has 0 spiro atoms. The molecule has 1 aromatic carbocycles. The average Bonchev–Trinajstić information content (AvgIpc) is 3.27. The maximum atomic E-state index is 4.59. The van der Waals surface area contributed by atoms with E-state index in [1.807, 2.05) is 12.4 Å². The van der Waals surface area contributed by atoms with Crippen LogP contribution in [-0.4, -0.2) is 14.5 Å². The second kappa shape index (κ2) is 5.52. The predicted molar refractivity (Wildman–Crippen MR) is 99.1 cm³/mol. The molecule has 0 aliphatic heterocycles. The first-order chi connectivity index (χ1) is 11.9. The van der Waals surface area contributed by atoms with E-state index in [2.05, 4.69) is 57.0 Å². The van der Waals surface area contributed by atoms with Gasteiger partial charge in [-0.3, -0.25) is 0 Å². The first-order valence-electron chi connectivity index (χ1n) is 8.94. The fourth-order valence-corrected chi connectivity index (χ4v) is 4.27. The molecule has 3 heterocycles. The number of rotatable bonds is 2. The molecule has 5 rings (SSSR count). The van der Waals surface area contributed by atoms with E-state index in [0.29, 0.717) is 6.04 Å². The van der Waals surface area contributed by atoms with Gasteiger partial charge in [0.15, 0.2) is 0 Å². The first kappa shape index (κ1) is 13.8. The number of hydrogen-bond donors (Lipinski definition) is 1. The summed E-state index contributed by atoms with van der Waals surface area (Å²) in [7, 11) is 0. The number of nitrogens with one attached hydrogen (secondary N) is 1. The minimum atomic E-state index is 0.590. The van der Waals surface area contributed by atoms with E-state index >= 15 is 0 Å². The largest absolute Gasteiger partial charge is 0.346 e. The number of hydrogen-bond acceptors (Lipinski definition) is 1. The van der Waals surface area contributed by atoms with Crippen LogP contribution in [0.5, 0.6) is 0 Å². The molecule has 0 bridgehead atoms. The fraction of sp³-hybridized carbons (Fsp3) is 0.286. The Kier molecular flexibility index (Phi) is 3.18. The quantitative estimate of drug-likeness (QED) is 0.506. The maximum Gasteiger partial charge on any atom is 0.139 e. The number of benzene rings is 1. The molecule has 0 atom stereocenters. The van der Waals surface area contributed by atoms with E-state index in [1.165, 1.54) is 59.7 Å². The van der Waals surface area contributed by atoms with Crippen LogP contribution in [0.4, 0.5) is 0 Å². The molecule has 0 radical (unpaired) electrons. The highest BCUT2D eigenvalue weighted by molar-refractivity contribution is 6.05. The smallest absolute Gasteiger partial charge is 0.139 e. The third-order valence-corrected chi connectivity index (χ3v) is 5.39. The summed E-state index contributed by atoms with van der Waals surface area (Å²) in [5, 5.41) is 2.48. The molecule has 0 amide bonds. The Hall–Kier alpha value is -2.55. The van der Waals surface area contributed by atoms with E-state index in [-0.39, 0.29) is 0 Å². The van der Waals surface area contributed by atoms with Crippen molar-refractivity contribution in [2.24, 2.45) is 0 Å². The average molecular weight is 315 g/mol. The van der Waals surface area contributed by atoms with Gasteiger partial charge in [-0.1, -0.05) is 49.6 Å². The number of fused-ring (bicyclic) bond motifs is 3.